The molecule has 0 radical (unpaired) electrons. The third kappa shape index (κ3) is 3.10. The number of halogens is 1. The maximum absolute atomic E-state index is 9.44. The Bertz CT molecular complexity index is 329. The molecule has 1 nitrogen and oxygen atoms in total. The molecule has 0 bridgehead atoms. The van der Waals surface area contributed by atoms with Gasteiger partial charge in [-0.3, -0.25) is 0 Å². The Hall–Kier alpha value is -0.250. The van der Waals surface area contributed by atoms with Crippen LogP contribution in [0.2, 0.25) is 0 Å². The van der Waals surface area contributed by atoms with E-state index in [1.165, 1.54) is 44.1 Å². The number of phenolic OH excluding ortho intramolecular Hbond substituents is 1. The van der Waals surface area contributed by atoms with Crippen LogP contribution in [0.5, 0.6) is 5.75 Å². The van der Waals surface area contributed by atoms with Crippen LogP contribution >= 0.6 is 22.6 Å². The van der Waals surface area contributed by atoms with Crippen LogP contribution in [0.25, 0.3) is 0 Å². The first-order valence-corrected chi connectivity index (χ1v) is 6.81. The van der Waals surface area contributed by atoms with E-state index in [4.69, 9.17) is 0 Å². The molecule has 0 aromatic heterocycles. The molecule has 0 saturated heterocycles. The highest BCUT2D eigenvalue weighted by molar-refractivity contribution is 14.1. The van der Waals surface area contributed by atoms with Gasteiger partial charge in [-0.1, -0.05) is 38.2 Å². The first-order chi connectivity index (χ1) is 7.25. The molecule has 2 heteroatoms. The van der Waals surface area contributed by atoms with Gasteiger partial charge in [-0.05, 0) is 52.6 Å². The average molecular weight is 316 g/mol. The van der Waals surface area contributed by atoms with Gasteiger partial charge >= 0.3 is 0 Å². The summed E-state index contributed by atoms with van der Waals surface area (Å²) in [5, 5.41) is 9.44. The molecule has 0 amide bonds. The number of hydrogen-bond donors (Lipinski definition) is 1. The van der Waals surface area contributed by atoms with E-state index in [-0.39, 0.29) is 0 Å². The lowest BCUT2D eigenvalue weighted by Crippen LogP contribution is -2.09. The molecule has 1 aliphatic rings. The van der Waals surface area contributed by atoms with E-state index in [0.717, 1.165) is 9.49 Å². The van der Waals surface area contributed by atoms with Crippen molar-refractivity contribution >= 4 is 22.6 Å². The quantitative estimate of drug-likeness (QED) is 0.814. The van der Waals surface area contributed by atoms with Crippen molar-refractivity contribution in [2.45, 2.75) is 38.5 Å². The maximum atomic E-state index is 9.44. The molecule has 0 aliphatic heterocycles. The SMILES string of the molecule is Oc1ccc(CC2CCCCC2)cc1I. The summed E-state index contributed by atoms with van der Waals surface area (Å²) in [7, 11) is 0. The van der Waals surface area contributed by atoms with E-state index in [1.807, 2.05) is 6.07 Å². The Kier molecular flexibility index (Phi) is 3.89. The maximum Gasteiger partial charge on any atom is 0.128 e. The first-order valence-electron chi connectivity index (χ1n) is 5.73. The highest BCUT2D eigenvalue weighted by Gasteiger charge is 2.14. The predicted molar refractivity (Wildman–Crippen MR) is 71.1 cm³/mol. The van der Waals surface area contributed by atoms with E-state index in [0.29, 0.717) is 5.75 Å². The standard InChI is InChI=1S/C13H17IO/c14-12-9-11(6-7-13(12)15)8-10-4-2-1-3-5-10/h6-7,9-10,15H,1-5,8H2. The molecule has 0 heterocycles. The van der Waals surface area contributed by atoms with Crippen molar-refractivity contribution in [2.24, 2.45) is 5.92 Å². The van der Waals surface area contributed by atoms with Gasteiger partial charge in [0.2, 0.25) is 0 Å². The lowest BCUT2D eigenvalue weighted by atomic mass is 9.85. The van der Waals surface area contributed by atoms with Crippen molar-refractivity contribution in [3.05, 3.63) is 27.3 Å². The average Bonchev–Trinajstić information content (AvgIpc) is 2.25. The Morgan fingerprint density at radius 2 is 1.93 bits per heavy atom. The zero-order valence-electron chi connectivity index (χ0n) is 8.88. The Morgan fingerprint density at radius 1 is 1.20 bits per heavy atom. The van der Waals surface area contributed by atoms with Crippen molar-refractivity contribution in [1.82, 2.24) is 0 Å². The molecule has 0 atom stereocenters. The molecule has 1 aromatic carbocycles. The number of aromatic hydroxyl groups is 1. The van der Waals surface area contributed by atoms with E-state index in [1.54, 1.807) is 0 Å². The molecular weight excluding hydrogens is 299 g/mol. The fourth-order valence-electron chi connectivity index (χ4n) is 2.40. The van der Waals surface area contributed by atoms with Crippen molar-refractivity contribution in [1.29, 1.82) is 0 Å². The Morgan fingerprint density at radius 3 is 2.60 bits per heavy atom. The smallest absolute Gasteiger partial charge is 0.128 e. The summed E-state index contributed by atoms with van der Waals surface area (Å²) in [5.74, 6) is 1.28. The number of hydrogen-bond acceptors (Lipinski definition) is 1. The number of benzene rings is 1. The summed E-state index contributed by atoms with van der Waals surface area (Å²) in [6.45, 7) is 0. The minimum absolute atomic E-state index is 0.406. The fourth-order valence-corrected chi connectivity index (χ4v) is 2.98. The number of phenols is 1. The van der Waals surface area contributed by atoms with E-state index in [9.17, 15) is 5.11 Å². The van der Waals surface area contributed by atoms with Gasteiger partial charge in [0.1, 0.15) is 5.75 Å². The highest BCUT2D eigenvalue weighted by atomic mass is 127. The van der Waals surface area contributed by atoms with E-state index in [2.05, 4.69) is 34.7 Å². The van der Waals surface area contributed by atoms with Crippen molar-refractivity contribution in [2.75, 3.05) is 0 Å². The normalized spacial score (nSPS) is 17.9. The second-order valence-corrected chi connectivity index (χ2v) is 5.66. The topological polar surface area (TPSA) is 20.2 Å². The van der Waals surface area contributed by atoms with Gasteiger partial charge in [-0.2, -0.15) is 0 Å². The zero-order chi connectivity index (χ0) is 10.7. The monoisotopic (exact) mass is 316 g/mol. The van der Waals surface area contributed by atoms with Crippen molar-refractivity contribution in [3.63, 3.8) is 0 Å². The largest absolute Gasteiger partial charge is 0.507 e. The Balaban J connectivity index is 2.00. The summed E-state index contributed by atoms with van der Waals surface area (Å²) in [4.78, 5) is 0. The van der Waals surface area contributed by atoms with Gasteiger partial charge in [0.15, 0.2) is 0 Å². The van der Waals surface area contributed by atoms with Gasteiger partial charge in [0, 0.05) is 0 Å². The molecule has 1 aliphatic carbocycles. The molecule has 82 valence electrons. The minimum atomic E-state index is 0.406. The van der Waals surface area contributed by atoms with Crippen LogP contribution in [-0.4, -0.2) is 5.11 Å². The molecule has 0 spiro atoms. The molecular formula is C13H17IO. The zero-order valence-corrected chi connectivity index (χ0v) is 11.0. The van der Waals surface area contributed by atoms with Crippen LogP contribution in [0.4, 0.5) is 0 Å². The van der Waals surface area contributed by atoms with Crippen LogP contribution in [0.3, 0.4) is 0 Å². The molecule has 1 aromatic rings. The van der Waals surface area contributed by atoms with Crippen LogP contribution < -0.4 is 0 Å². The summed E-state index contributed by atoms with van der Waals surface area (Å²) >= 11 is 2.19. The summed E-state index contributed by atoms with van der Waals surface area (Å²) in [6, 6.07) is 6.00. The molecule has 15 heavy (non-hydrogen) atoms. The molecule has 1 N–H and O–H groups in total. The van der Waals surface area contributed by atoms with Crippen molar-refractivity contribution < 1.29 is 5.11 Å². The molecule has 1 fully saturated rings. The Labute approximate surface area is 105 Å². The second kappa shape index (κ2) is 5.19. The van der Waals surface area contributed by atoms with Gasteiger partial charge < -0.3 is 5.11 Å². The summed E-state index contributed by atoms with van der Waals surface area (Å²) in [5.41, 5.74) is 1.38. The molecule has 2 rings (SSSR count). The van der Waals surface area contributed by atoms with Crippen LogP contribution in [0, 0.1) is 9.49 Å². The number of rotatable bonds is 2. The third-order valence-electron chi connectivity index (χ3n) is 3.26. The molecule has 0 unspecified atom stereocenters. The minimum Gasteiger partial charge on any atom is -0.507 e. The highest BCUT2D eigenvalue weighted by Crippen LogP contribution is 2.28. The lowest BCUT2D eigenvalue weighted by molar-refractivity contribution is 0.356. The molecule has 1 saturated carbocycles. The van der Waals surface area contributed by atoms with Gasteiger partial charge in [-0.25, -0.2) is 0 Å². The van der Waals surface area contributed by atoms with Crippen LogP contribution in [0.15, 0.2) is 18.2 Å². The van der Waals surface area contributed by atoms with Gasteiger partial charge in [0.25, 0.3) is 0 Å². The van der Waals surface area contributed by atoms with Gasteiger partial charge in [0.05, 0.1) is 3.57 Å². The lowest BCUT2D eigenvalue weighted by Gasteiger charge is -2.21. The third-order valence-corrected chi connectivity index (χ3v) is 4.13. The second-order valence-electron chi connectivity index (χ2n) is 4.49. The van der Waals surface area contributed by atoms with E-state index < -0.39 is 0 Å². The summed E-state index contributed by atoms with van der Waals surface area (Å²) < 4.78 is 0.973. The first kappa shape index (κ1) is 11.2. The van der Waals surface area contributed by atoms with Crippen LogP contribution in [0.1, 0.15) is 37.7 Å². The van der Waals surface area contributed by atoms with Crippen molar-refractivity contribution in [3.8, 4) is 5.75 Å². The van der Waals surface area contributed by atoms with E-state index >= 15 is 0 Å². The summed E-state index contributed by atoms with van der Waals surface area (Å²) in [6.07, 6.45) is 8.19. The van der Waals surface area contributed by atoms with Crippen LogP contribution in [-0.2, 0) is 6.42 Å². The fraction of sp³-hybridized carbons (Fsp3) is 0.538. The predicted octanol–water partition coefficient (Wildman–Crippen LogP) is 4.12. The van der Waals surface area contributed by atoms with Gasteiger partial charge in [-0.15, -0.1) is 0 Å².